The van der Waals surface area contributed by atoms with Gasteiger partial charge in [-0.3, -0.25) is 4.99 Å². The minimum atomic E-state index is 0. The van der Waals surface area contributed by atoms with Gasteiger partial charge in [0.05, 0.1) is 14.2 Å². The Morgan fingerprint density at radius 1 is 1.13 bits per heavy atom. The Morgan fingerprint density at radius 3 is 2.17 bits per heavy atom. The molecule has 2 N–H and O–H groups in total. The highest BCUT2D eigenvalue weighted by atomic mass is 127. The van der Waals surface area contributed by atoms with Crippen molar-refractivity contribution in [2.24, 2.45) is 10.4 Å². The third-order valence-electron chi connectivity index (χ3n) is 5.24. The molecule has 1 aromatic rings. The molecule has 1 fully saturated rings. The van der Waals surface area contributed by atoms with E-state index in [4.69, 9.17) is 9.47 Å². The van der Waals surface area contributed by atoms with E-state index in [1.165, 1.54) is 0 Å². The largest absolute Gasteiger partial charge is 0.497 e. The predicted molar refractivity (Wildman–Crippen MR) is 137 cm³/mol. The number of hydrogen-bond donors (Lipinski definition) is 2. The summed E-state index contributed by atoms with van der Waals surface area (Å²) in [4.78, 5) is 9.03. The van der Waals surface area contributed by atoms with Crippen molar-refractivity contribution in [1.29, 1.82) is 0 Å². The van der Waals surface area contributed by atoms with Crippen LogP contribution < -0.4 is 25.0 Å². The van der Waals surface area contributed by atoms with Gasteiger partial charge in [0, 0.05) is 63.2 Å². The van der Waals surface area contributed by atoms with Crippen molar-refractivity contribution in [1.82, 2.24) is 15.5 Å². The van der Waals surface area contributed by atoms with E-state index in [2.05, 4.69) is 65.5 Å². The van der Waals surface area contributed by atoms with Crippen LogP contribution in [0.5, 0.6) is 11.5 Å². The molecule has 1 heterocycles. The first-order chi connectivity index (χ1) is 13.8. The van der Waals surface area contributed by atoms with Gasteiger partial charge in [0.2, 0.25) is 0 Å². The molecular formula is C22H40IN5O2. The Hall–Kier alpha value is -1.42. The van der Waals surface area contributed by atoms with Crippen molar-refractivity contribution in [2.75, 3.05) is 66.4 Å². The topological polar surface area (TPSA) is 61.4 Å². The van der Waals surface area contributed by atoms with Crippen molar-refractivity contribution in [3.8, 4) is 11.5 Å². The van der Waals surface area contributed by atoms with Crippen LogP contribution in [-0.2, 0) is 0 Å². The average molecular weight is 533 g/mol. The first kappa shape index (κ1) is 26.6. The van der Waals surface area contributed by atoms with Crippen LogP contribution in [-0.4, -0.2) is 78.4 Å². The van der Waals surface area contributed by atoms with Gasteiger partial charge < -0.3 is 29.9 Å². The van der Waals surface area contributed by atoms with E-state index in [1.54, 1.807) is 14.2 Å². The molecule has 0 bridgehead atoms. The molecule has 2 rings (SSSR count). The minimum absolute atomic E-state index is 0. The SMILES string of the molecule is CN=C(NCC(C)(C)CN(C)C)NC1CCN(c2cc(OC)cc(OC)c2)CC1.I. The zero-order chi connectivity index (χ0) is 21.4. The summed E-state index contributed by atoms with van der Waals surface area (Å²) in [5, 5.41) is 7.10. The minimum Gasteiger partial charge on any atom is -0.497 e. The van der Waals surface area contributed by atoms with Gasteiger partial charge in [-0.2, -0.15) is 0 Å². The number of halogens is 1. The third-order valence-corrected chi connectivity index (χ3v) is 5.24. The molecule has 8 heteroatoms. The molecular weight excluding hydrogens is 493 g/mol. The number of hydrogen-bond acceptors (Lipinski definition) is 5. The van der Waals surface area contributed by atoms with Crippen LogP contribution in [0.4, 0.5) is 5.69 Å². The number of nitrogens with zero attached hydrogens (tertiary/aromatic N) is 3. The van der Waals surface area contributed by atoms with Crippen LogP contribution in [0.2, 0.25) is 0 Å². The lowest BCUT2D eigenvalue weighted by Crippen LogP contribution is -2.51. The standard InChI is InChI=1S/C22H39N5O2.HI/c1-22(2,16-26(4)5)15-24-21(23-3)25-17-8-10-27(11-9-17)18-12-19(28-6)14-20(13-18)29-7;/h12-14,17H,8-11,15-16H2,1-7H3,(H2,23,24,25);1H. The first-order valence-electron chi connectivity index (χ1n) is 10.4. The van der Waals surface area contributed by atoms with Crippen LogP contribution in [0, 0.1) is 5.41 Å². The lowest BCUT2D eigenvalue weighted by atomic mass is 9.93. The monoisotopic (exact) mass is 533 g/mol. The third kappa shape index (κ3) is 8.37. The maximum atomic E-state index is 5.41. The predicted octanol–water partition coefficient (Wildman–Crippen LogP) is 3.04. The lowest BCUT2D eigenvalue weighted by molar-refractivity contribution is 0.240. The number of nitrogens with one attached hydrogen (secondary N) is 2. The molecule has 0 radical (unpaired) electrons. The molecule has 30 heavy (non-hydrogen) atoms. The van der Waals surface area contributed by atoms with E-state index in [-0.39, 0.29) is 29.4 Å². The Morgan fingerprint density at radius 2 is 1.70 bits per heavy atom. The van der Waals surface area contributed by atoms with Crippen molar-refractivity contribution >= 4 is 35.6 Å². The maximum Gasteiger partial charge on any atom is 0.191 e. The number of rotatable bonds is 8. The molecule has 0 amide bonds. The molecule has 0 aliphatic carbocycles. The molecule has 1 aromatic carbocycles. The molecule has 0 saturated carbocycles. The van der Waals surface area contributed by atoms with E-state index in [0.717, 1.165) is 62.2 Å². The number of benzene rings is 1. The Labute approximate surface area is 199 Å². The van der Waals surface area contributed by atoms with Crippen LogP contribution in [0.15, 0.2) is 23.2 Å². The second-order valence-corrected chi connectivity index (χ2v) is 8.80. The highest BCUT2D eigenvalue weighted by molar-refractivity contribution is 14.0. The Bertz CT molecular complexity index is 651. The van der Waals surface area contributed by atoms with E-state index in [9.17, 15) is 0 Å². The van der Waals surface area contributed by atoms with Gasteiger partial charge in [0.15, 0.2) is 5.96 Å². The van der Waals surface area contributed by atoms with Crippen LogP contribution >= 0.6 is 24.0 Å². The van der Waals surface area contributed by atoms with Crippen molar-refractivity contribution in [2.45, 2.75) is 32.7 Å². The summed E-state index contributed by atoms with van der Waals surface area (Å²) in [5.41, 5.74) is 1.32. The summed E-state index contributed by atoms with van der Waals surface area (Å²) in [6.45, 7) is 8.42. The molecule has 1 aliphatic heterocycles. The number of guanidine groups is 1. The summed E-state index contributed by atoms with van der Waals surface area (Å²) in [6, 6.07) is 6.47. The van der Waals surface area contributed by atoms with Gasteiger partial charge >= 0.3 is 0 Å². The second kappa shape index (κ2) is 12.4. The Kier molecular flexibility index (Phi) is 11.0. The van der Waals surface area contributed by atoms with Crippen molar-refractivity contribution in [3.05, 3.63) is 18.2 Å². The van der Waals surface area contributed by atoms with Gasteiger partial charge in [-0.15, -0.1) is 24.0 Å². The number of ether oxygens (including phenoxy) is 2. The number of methoxy groups -OCH3 is 2. The van der Waals surface area contributed by atoms with E-state index < -0.39 is 0 Å². The van der Waals surface area contributed by atoms with Gasteiger partial charge in [-0.05, 0) is 32.4 Å². The van der Waals surface area contributed by atoms with E-state index >= 15 is 0 Å². The van der Waals surface area contributed by atoms with Crippen LogP contribution in [0.1, 0.15) is 26.7 Å². The molecule has 0 atom stereocenters. The first-order valence-corrected chi connectivity index (χ1v) is 10.4. The molecule has 1 aliphatic rings. The van der Waals surface area contributed by atoms with Gasteiger partial charge in [0.25, 0.3) is 0 Å². The summed E-state index contributed by atoms with van der Waals surface area (Å²) >= 11 is 0. The number of anilines is 1. The molecule has 0 aromatic heterocycles. The normalized spacial score (nSPS) is 15.6. The number of aliphatic imine (C=N–C) groups is 1. The Balaban J connectivity index is 0.00000450. The average Bonchev–Trinajstić information content (AvgIpc) is 2.70. The van der Waals surface area contributed by atoms with E-state index in [1.807, 2.05) is 13.1 Å². The summed E-state index contributed by atoms with van der Waals surface area (Å²) in [7, 11) is 9.44. The fraction of sp³-hybridized carbons (Fsp3) is 0.682. The summed E-state index contributed by atoms with van der Waals surface area (Å²) in [6.07, 6.45) is 2.11. The zero-order valence-electron chi connectivity index (χ0n) is 19.6. The zero-order valence-corrected chi connectivity index (χ0v) is 21.9. The van der Waals surface area contributed by atoms with Crippen LogP contribution in [0.25, 0.3) is 0 Å². The fourth-order valence-electron chi connectivity index (χ4n) is 3.88. The quantitative estimate of drug-likeness (QED) is 0.305. The maximum absolute atomic E-state index is 5.41. The lowest BCUT2D eigenvalue weighted by Gasteiger charge is -2.35. The van der Waals surface area contributed by atoms with Crippen LogP contribution in [0.3, 0.4) is 0 Å². The van der Waals surface area contributed by atoms with Crippen molar-refractivity contribution < 1.29 is 9.47 Å². The molecule has 0 spiro atoms. The smallest absolute Gasteiger partial charge is 0.191 e. The highest BCUT2D eigenvalue weighted by Crippen LogP contribution is 2.30. The van der Waals surface area contributed by atoms with Gasteiger partial charge in [-0.25, -0.2) is 0 Å². The summed E-state index contributed by atoms with van der Waals surface area (Å²) in [5.74, 6) is 2.53. The second-order valence-electron chi connectivity index (χ2n) is 8.80. The fourth-order valence-corrected chi connectivity index (χ4v) is 3.88. The van der Waals surface area contributed by atoms with E-state index in [0.29, 0.717) is 6.04 Å². The highest BCUT2D eigenvalue weighted by Gasteiger charge is 2.23. The van der Waals surface area contributed by atoms with Crippen molar-refractivity contribution in [3.63, 3.8) is 0 Å². The summed E-state index contributed by atoms with van der Waals surface area (Å²) < 4.78 is 10.8. The molecule has 0 unspecified atom stereocenters. The molecule has 7 nitrogen and oxygen atoms in total. The molecule has 1 saturated heterocycles. The van der Waals surface area contributed by atoms with Gasteiger partial charge in [-0.1, -0.05) is 13.8 Å². The molecule has 172 valence electrons. The number of piperidine rings is 1. The van der Waals surface area contributed by atoms with Gasteiger partial charge in [0.1, 0.15) is 11.5 Å².